The largest absolute Gasteiger partial charge is 0.507 e. The summed E-state index contributed by atoms with van der Waals surface area (Å²) >= 11 is 5.87. The molecule has 0 radical (unpaired) electrons. The van der Waals surface area contributed by atoms with E-state index >= 15 is 0 Å². The van der Waals surface area contributed by atoms with E-state index in [9.17, 15) is 18.8 Å². The molecule has 0 aromatic heterocycles. The molecule has 0 saturated heterocycles. The van der Waals surface area contributed by atoms with Crippen LogP contribution in [0.4, 0.5) is 0 Å². The lowest BCUT2D eigenvalue weighted by Crippen LogP contribution is -2.18. The number of rotatable bonds is 3. The minimum atomic E-state index is -4.02. The smallest absolute Gasteiger partial charge is 0.216 e. The molecule has 0 spiro atoms. The van der Waals surface area contributed by atoms with Crippen molar-refractivity contribution in [2.24, 2.45) is 0 Å². The van der Waals surface area contributed by atoms with Gasteiger partial charge in [-0.15, -0.1) is 0 Å². The normalized spacial score (nSPS) is 13.6. The lowest BCUT2D eigenvalue weighted by Gasteiger charge is -2.28. The highest BCUT2D eigenvalue weighted by molar-refractivity contribution is 7.95. The minimum absolute atomic E-state index is 0.00803. The first-order chi connectivity index (χ1) is 13.6. The van der Waals surface area contributed by atoms with Crippen molar-refractivity contribution in [1.82, 2.24) is 0 Å². The molecular formula is C24H28ClNO3S. The van der Waals surface area contributed by atoms with Gasteiger partial charge in [-0.2, -0.15) is 5.26 Å². The summed E-state index contributed by atoms with van der Waals surface area (Å²) in [6.07, 6.45) is 0. The van der Waals surface area contributed by atoms with Gasteiger partial charge in [0.2, 0.25) is 9.84 Å². The third-order valence-electron chi connectivity index (χ3n) is 4.99. The molecule has 2 aromatic carbocycles. The number of phenols is 1. The summed E-state index contributed by atoms with van der Waals surface area (Å²) in [4.78, 5) is -0.316. The van der Waals surface area contributed by atoms with Crippen LogP contribution >= 0.6 is 11.6 Å². The van der Waals surface area contributed by atoms with Crippen LogP contribution in [0.1, 0.15) is 65.2 Å². The van der Waals surface area contributed by atoms with Gasteiger partial charge in [0.25, 0.3) is 0 Å². The number of hydrogen-bond donors (Lipinski definition) is 1. The molecule has 0 fully saturated rings. The topological polar surface area (TPSA) is 78.2 Å². The van der Waals surface area contributed by atoms with Crippen LogP contribution in [-0.4, -0.2) is 13.5 Å². The zero-order valence-electron chi connectivity index (χ0n) is 18.5. The summed E-state index contributed by atoms with van der Waals surface area (Å²) in [5, 5.41) is 21.1. The quantitative estimate of drug-likeness (QED) is 0.556. The molecule has 2 aromatic rings. The van der Waals surface area contributed by atoms with Gasteiger partial charge in [0.1, 0.15) is 11.8 Å². The second kappa shape index (κ2) is 8.09. The van der Waals surface area contributed by atoms with Gasteiger partial charge < -0.3 is 5.11 Å². The van der Waals surface area contributed by atoms with Crippen molar-refractivity contribution < 1.29 is 13.5 Å². The number of phenolic OH excluding ortho intramolecular Hbond substituents is 1. The first-order valence-corrected chi connectivity index (χ1v) is 11.5. The number of benzene rings is 2. The van der Waals surface area contributed by atoms with Crippen LogP contribution in [0.15, 0.2) is 46.2 Å². The number of nitrogens with zero attached hydrogens (tertiary/aromatic N) is 1. The third-order valence-corrected chi connectivity index (χ3v) is 7.07. The molecule has 1 N–H and O–H groups in total. The monoisotopic (exact) mass is 445 g/mol. The summed E-state index contributed by atoms with van der Waals surface area (Å²) < 4.78 is 26.3. The minimum Gasteiger partial charge on any atom is -0.507 e. The summed E-state index contributed by atoms with van der Waals surface area (Å²) in [7, 11) is -4.02. The Bertz CT molecular complexity index is 1110. The fourth-order valence-electron chi connectivity index (χ4n) is 3.20. The maximum absolute atomic E-state index is 13.1. The summed E-state index contributed by atoms with van der Waals surface area (Å²) in [5.74, 6) is 0.200. The number of halogens is 1. The molecule has 6 heteroatoms. The van der Waals surface area contributed by atoms with Gasteiger partial charge in [0.15, 0.2) is 4.91 Å². The van der Waals surface area contributed by atoms with Crippen molar-refractivity contribution in [2.45, 2.75) is 64.2 Å². The zero-order valence-corrected chi connectivity index (χ0v) is 20.0. The van der Waals surface area contributed by atoms with Crippen molar-refractivity contribution in [3.05, 3.63) is 63.0 Å². The van der Waals surface area contributed by atoms with E-state index in [2.05, 4.69) is 0 Å². The van der Waals surface area contributed by atoms with Crippen molar-refractivity contribution in [1.29, 1.82) is 5.26 Å². The van der Waals surface area contributed by atoms with Crippen molar-refractivity contribution >= 4 is 27.0 Å². The molecular weight excluding hydrogens is 418 g/mol. The average Bonchev–Trinajstić information content (AvgIpc) is 2.60. The van der Waals surface area contributed by atoms with Crippen LogP contribution in [-0.2, 0) is 20.7 Å². The van der Waals surface area contributed by atoms with E-state index in [-0.39, 0.29) is 26.4 Å². The second-order valence-electron chi connectivity index (χ2n) is 9.44. The van der Waals surface area contributed by atoms with Crippen molar-refractivity contribution in [3.8, 4) is 11.8 Å². The first-order valence-electron chi connectivity index (χ1n) is 9.60. The fourth-order valence-corrected chi connectivity index (χ4v) is 4.70. The van der Waals surface area contributed by atoms with Gasteiger partial charge in [0.05, 0.1) is 4.90 Å². The number of nitriles is 1. The summed E-state index contributed by atoms with van der Waals surface area (Å²) in [6, 6.07) is 11.2. The maximum atomic E-state index is 13.1. The summed E-state index contributed by atoms with van der Waals surface area (Å²) in [6.45, 7) is 13.5. The molecule has 4 nitrogen and oxygen atoms in total. The first kappa shape index (κ1) is 24.0. The van der Waals surface area contributed by atoms with E-state index in [1.54, 1.807) is 19.1 Å². The number of allylic oxidation sites excluding steroid dienone is 2. The molecule has 0 saturated carbocycles. The number of hydrogen-bond acceptors (Lipinski definition) is 4. The Hall–Kier alpha value is -2.29. The lowest BCUT2D eigenvalue weighted by atomic mass is 9.78. The standard InChI is InChI=1S/C24H28ClNO3S/c1-15(21(14-26)30(28,29)18-10-8-17(25)9-11-18)16-12-19(23(2,3)4)22(27)20(13-16)24(5,6)7/h8-13,27H,1-7H3/b21-15+. The molecule has 0 unspecified atom stereocenters. The number of aromatic hydroxyl groups is 1. The van der Waals surface area contributed by atoms with Crippen LogP contribution in [0, 0.1) is 11.3 Å². The molecule has 0 heterocycles. The highest BCUT2D eigenvalue weighted by Crippen LogP contribution is 2.41. The zero-order chi connectivity index (χ0) is 23.1. The molecule has 0 amide bonds. The second-order valence-corrected chi connectivity index (χ2v) is 11.8. The molecule has 0 aliphatic heterocycles. The Kier molecular flexibility index (Phi) is 6.47. The Labute approximate surface area is 184 Å². The molecule has 160 valence electrons. The summed E-state index contributed by atoms with van der Waals surface area (Å²) in [5.41, 5.74) is 1.58. The van der Waals surface area contributed by atoms with E-state index in [0.29, 0.717) is 27.3 Å². The van der Waals surface area contributed by atoms with Crippen molar-refractivity contribution in [2.75, 3.05) is 0 Å². The Morgan fingerprint density at radius 1 is 0.967 bits per heavy atom. The van der Waals surface area contributed by atoms with Gasteiger partial charge in [0, 0.05) is 16.1 Å². The molecule has 30 heavy (non-hydrogen) atoms. The van der Waals surface area contributed by atoms with E-state index in [4.69, 9.17) is 11.6 Å². The van der Waals surface area contributed by atoms with Gasteiger partial charge >= 0.3 is 0 Å². The van der Waals surface area contributed by atoms with E-state index in [1.165, 1.54) is 24.3 Å². The highest BCUT2D eigenvalue weighted by Gasteiger charge is 2.29. The van der Waals surface area contributed by atoms with Crippen LogP contribution in [0.25, 0.3) is 5.57 Å². The van der Waals surface area contributed by atoms with Crippen LogP contribution < -0.4 is 0 Å². The number of sulfone groups is 1. The SMILES string of the molecule is C/C(=C(/C#N)S(=O)(=O)c1ccc(Cl)cc1)c1cc(C(C)(C)C)c(O)c(C(C)(C)C)c1. The predicted molar refractivity (Wildman–Crippen MR) is 122 cm³/mol. The van der Waals surface area contributed by atoms with Gasteiger partial charge in [-0.3, -0.25) is 0 Å². The molecule has 0 atom stereocenters. The maximum Gasteiger partial charge on any atom is 0.216 e. The van der Waals surface area contributed by atoms with Crippen LogP contribution in [0.2, 0.25) is 5.02 Å². The molecule has 2 rings (SSSR count). The molecule has 0 bridgehead atoms. The van der Waals surface area contributed by atoms with E-state index < -0.39 is 9.84 Å². The molecule has 0 aliphatic carbocycles. The van der Waals surface area contributed by atoms with Crippen molar-refractivity contribution in [3.63, 3.8) is 0 Å². The Morgan fingerprint density at radius 2 is 1.40 bits per heavy atom. The van der Waals surface area contributed by atoms with Gasteiger partial charge in [-0.25, -0.2) is 8.42 Å². The van der Waals surface area contributed by atoms with Gasteiger partial charge in [-0.05, 0) is 65.3 Å². The van der Waals surface area contributed by atoms with Crippen LogP contribution in [0.3, 0.4) is 0 Å². The average molecular weight is 446 g/mol. The predicted octanol–water partition coefficient (Wildman–Crippen LogP) is 6.37. The lowest BCUT2D eigenvalue weighted by molar-refractivity contribution is 0.423. The molecule has 0 aliphatic rings. The highest BCUT2D eigenvalue weighted by atomic mass is 35.5. The Balaban J connectivity index is 2.85. The fraction of sp³-hybridized carbons (Fsp3) is 0.375. The Morgan fingerprint density at radius 3 is 1.77 bits per heavy atom. The van der Waals surface area contributed by atoms with Crippen LogP contribution in [0.5, 0.6) is 5.75 Å². The third kappa shape index (κ3) is 4.71. The van der Waals surface area contributed by atoms with Gasteiger partial charge in [-0.1, -0.05) is 53.1 Å². The van der Waals surface area contributed by atoms with E-state index in [1.807, 2.05) is 47.6 Å². The van der Waals surface area contributed by atoms with E-state index in [0.717, 1.165) is 0 Å².